The molecular weight excluding hydrogens is 427 g/mol. The van der Waals surface area contributed by atoms with Crippen molar-refractivity contribution in [2.24, 2.45) is 7.05 Å². The van der Waals surface area contributed by atoms with Crippen molar-refractivity contribution >= 4 is 45.9 Å². The van der Waals surface area contributed by atoms with Crippen LogP contribution in [0.3, 0.4) is 0 Å². The van der Waals surface area contributed by atoms with Crippen molar-refractivity contribution in [1.82, 2.24) is 14.8 Å². The number of rotatable bonds is 5. The summed E-state index contributed by atoms with van der Waals surface area (Å²) in [6.07, 6.45) is 1.59. The monoisotopic (exact) mass is 440 g/mol. The minimum atomic E-state index is -0.0838. The number of anilines is 1. The van der Waals surface area contributed by atoms with Gasteiger partial charge in [0, 0.05) is 16.3 Å². The highest BCUT2D eigenvalue weighted by Crippen LogP contribution is 2.23. The number of furan rings is 1. The largest absolute Gasteiger partial charge is 0.461 e. The number of nitrogens with one attached hydrogen (secondary N) is 1. The van der Waals surface area contributed by atoms with Gasteiger partial charge in [-0.1, -0.05) is 17.8 Å². The zero-order valence-electron chi connectivity index (χ0n) is 12.2. The third-order valence-corrected chi connectivity index (χ3v) is 4.71. The van der Waals surface area contributed by atoms with Gasteiger partial charge in [0.2, 0.25) is 5.91 Å². The predicted molar refractivity (Wildman–Crippen MR) is 97.2 cm³/mol. The van der Waals surface area contributed by atoms with Crippen molar-refractivity contribution in [2.45, 2.75) is 5.16 Å². The zero-order chi connectivity index (χ0) is 16.2. The topological polar surface area (TPSA) is 73.0 Å². The number of hydrogen-bond acceptors (Lipinski definition) is 5. The molecule has 8 heteroatoms. The van der Waals surface area contributed by atoms with E-state index in [1.54, 1.807) is 12.3 Å². The second kappa shape index (κ2) is 7.18. The van der Waals surface area contributed by atoms with Gasteiger partial charge in [-0.25, -0.2) is 0 Å². The lowest BCUT2D eigenvalue weighted by Gasteiger charge is -2.05. The van der Waals surface area contributed by atoms with Crippen LogP contribution in [0.2, 0.25) is 0 Å². The van der Waals surface area contributed by atoms with Crippen molar-refractivity contribution in [3.05, 3.63) is 46.2 Å². The lowest BCUT2D eigenvalue weighted by molar-refractivity contribution is -0.113. The zero-order valence-corrected chi connectivity index (χ0v) is 15.2. The third-order valence-electron chi connectivity index (χ3n) is 3.02. The summed E-state index contributed by atoms with van der Waals surface area (Å²) in [5, 5.41) is 11.7. The minimum Gasteiger partial charge on any atom is -0.461 e. The average Bonchev–Trinajstić information content (AvgIpc) is 3.15. The van der Waals surface area contributed by atoms with Crippen LogP contribution < -0.4 is 5.32 Å². The molecule has 1 aromatic carbocycles. The Labute approximate surface area is 150 Å². The molecule has 0 aliphatic rings. The van der Waals surface area contributed by atoms with Crippen LogP contribution in [0.15, 0.2) is 52.2 Å². The maximum Gasteiger partial charge on any atom is 0.234 e. The minimum absolute atomic E-state index is 0.0838. The molecular formula is C15H13IN4O2S. The first-order valence-electron chi connectivity index (χ1n) is 6.75. The van der Waals surface area contributed by atoms with E-state index < -0.39 is 0 Å². The molecule has 0 bridgehead atoms. The molecule has 3 rings (SSSR count). The van der Waals surface area contributed by atoms with Crippen LogP contribution in [0.4, 0.5) is 5.69 Å². The van der Waals surface area contributed by atoms with E-state index in [1.165, 1.54) is 11.8 Å². The fourth-order valence-corrected chi connectivity index (χ4v) is 3.21. The molecule has 0 radical (unpaired) electrons. The standard InChI is InChI=1S/C15H13IN4O2S/c1-20-14(12-6-3-7-22-12)18-19-15(20)23-9-13(21)17-11-5-2-4-10(16)8-11/h2-8H,9H2,1H3,(H,17,21). The van der Waals surface area contributed by atoms with Gasteiger partial charge in [0.15, 0.2) is 16.7 Å². The van der Waals surface area contributed by atoms with Gasteiger partial charge in [-0.05, 0) is 52.9 Å². The average molecular weight is 440 g/mol. The first kappa shape index (κ1) is 16.1. The predicted octanol–water partition coefficient (Wildman–Crippen LogP) is 3.41. The van der Waals surface area contributed by atoms with E-state index in [9.17, 15) is 4.79 Å². The molecule has 0 aliphatic carbocycles. The van der Waals surface area contributed by atoms with Gasteiger partial charge in [-0.3, -0.25) is 4.79 Å². The molecule has 0 fully saturated rings. The van der Waals surface area contributed by atoms with E-state index in [-0.39, 0.29) is 11.7 Å². The van der Waals surface area contributed by atoms with E-state index in [4.69, 9.17) is 4.42 Å². The lowest BCUT2D eigenvalue weighted by atomic mass is 10.3. The van der Waals surface area contributed by atoms with Crippen molar-refractivity contribution in [2.75, 3.05) is 11.1 Å². The molecule has 23 heavy (non-hydrogen) atoms. The van der Waals surface area contributed by atoms with Crippen molar-refractivity contribution in [3.8, 4) is 11.6 Å². The smallest absolute Gasteiger partial charge is 0.234 e. The highest BCUT2D eigenvalue weighted by Gasteiger charge is 2.14. The number of amides is 1. The number of carbonyl (C=O) groups excluding carboxylic acids is 1. The van der Waals surface area contributed by atoms with Gasteiger partial charge >= 0.3 is 0 Å². The number of halogens is 1. The number of nitrogens with zero attached hydrogens (tertiary/aromatic N) is 3. The SMILES string of the molecule is Cn1c(SCC(=O)Nc2cccc(I)c2)nnc1-c1ccco1. The third kappa shape index (κ3) is 3.94. The van der Waals surface area contributed by atoms with Gasteiger partial charge in [0.1, 0.15) is 0 Å². The molecule has 1 amide bonds. The molecule has 0 aliphatic heterocycles. The summed E-state index contributed by atoms with van der Waals surface area (Å²) in [6.45, 7) is 0. The van der Waals surface area contributed by atoms with Gasteiger partial charge < -0.3 is 14.3 Å². The summed E-state index contributed by atoms with van der Waals surface area (Å²) < 4.78 is 8.20. The van der Waals surface area contributed by atoms with Gasteiger partial charge in [0.25, 0.3) is 0 Å². The number of carbonyl (C=O) groups is 1. The highest BCUT2D eigenvalue weighted by atomic mass is 127. The quantitative estimate of drug-likeness (QED) is 0.487. The second-order valence-electron chi connectivity index (χ2n) is 4.69. The van der Waals surface area contributed by atoms with E-state index in [1.807, 2.05) is 41.9 Å². The molecule has 0 atom stereocenters. The second-order valence-corrected chi connectivity index (χ2v) is 6.88. The molecule has 2 heterocycles. The first-order chi connectivity index (χ1) is 11.1. The van der Waals surface area contributed by atoms with Crippen LogP contribution in [0, 0.1) is 3.57 Å². The summed E-state index contributed by atoms with van der Waals surface area (Å²) in [5.74, 6) is 1.46. The van der Waals surface area contributed by atoms with Crippen LogP contribution in [-0.4, -0.2) is 26.4 Å². The number of benzene rings is 1. The summed E-state index contributed by atoms with van der Waals surface area (Å²) in [6, 6.07) is 11.3. The Morgan fingerprint density at radius 3 is 2.96 bits per heavy atom. The van der Waals surface area contributed by atoms with Crippen LogP contribution in [0.5, 0.6) is 0 Å². The first-order valence-corrected chi connectivity index (χ1v) is 8.81. The molecule has 3 aromatic rings. The number of hydrogen-bond donors (Lipinski definition) is 1. The molecule has 0 saturated heterocycles. The Morgan fingerprint density at radius 1 is 1.35 bits per heavy atom. The maximum absolute atomic E-state index is 12.0. The van der Waals surface area contributed by atoms with Crippen LogP contribution >= 0.6 is 34.4 Å². The molecule has 0 saturated carbocycles. The lowest BCUT2D eigenvalue weighted by Crippen LogP contribution is -2.14. The molecule has 6 nitrogen and oxygen atoms in total. The van der Waals surface area contributed by atoms with Gasteiger partial charge in [-0.15, -0.1) is 10.2 Å². The van der Waals surface area contributed by atoms with Gasteiger partial charge in [-0.2, -0.15) is 0 Å². The van der Waals surface area contributed by atoms with Gasteiger partial charge in [0.05, 0.1) is 12.0 Å². The number of thioether (sulfide) groups is 1. The number of aromatic nitrogens is 3. The molecule has 1 N–H and O–H groups in total. The molecule has 0 spiro atoms. The van der Waals surface area contributed by atoms with Crippen molar-refractivity contribution < 1.29 is 9.21 Å². The molecule has 118 valence electrons. The molecule has 2 aromatic heterocycles. The Kier molecular flexibility index (Phi) is 5.01. The fourth-order valence-electron chi connectivity index (χ4n) is 1.95. The van der Waals surface area contributed by atoms with Crippen LogP contribution in [0.1, 0.15) is 0 Å². The summed E-state index contributed by atoms with van der Waals surface area (Å²) in [4.78, 5) is 12.0. The van der Waals surface area contributed by atoms with E-state index in [0.717, 1.165) is 9.26 Å². The van der Waals surface area contributed by atoms with Crippen LogP contribution in [-0.2, 0) is 11.8 Å². The van der Waals surface area contributed by atoms with Crippen molar-refractivity contribution in [3.63, 3.8) is 0 Å². The fraction of sp³-hybridized carbons (Fsp3) is 0.133. The van der Waals surface area contributed by atoms with E-state index in [2.05, 4.69) is 38.1 Å². The highest BCUT2D eigenvalue weighted by molar-refractivity contribution is 14.1. The maximum atomic E-state index is 12.0. The summed E-state index contributed by atoms with van der Waals surface area (Å²) >= 11 is 3.54. The Hall–Kier alpha value is -1.81. The van der Waals surface area contributed by atoms with Crippen LogP contribution in [0.25, 0.3) is 11.6 Å². The summed E-state index contributed by atoms with van der Waals surface area (Å²) in [7, 11) is 1.84. The Balaban J connectivity index is 1.61. The molecule has 0 unspecified atom stereocenters. The Morgan fingerprint density at radius 2 is 2.22 bits per heavy atom. The van der Waals surface area contributed by atoms with E-state index in [0.29, 0.717) is 16.7 Å². The normalized spacial score (nSPS) is 10.7. The Bertz CT molecular complexity index is 817. The van der Waals surface area contributed by atoms with E-state index >= 15 is 0 Å². The van der Waals surface area contributed by atoms with Crippen molar-refractivity contribution in [1.29, 1.82) is 0 Å². The summed E-state index contributed by atoms with van der Waals surface area (Å²) in [5.41, 5.74) is 0.789.